The van der Waals surface area contributed by atoms with Gasteiger partial charge in [0, 0.05) is 0 Å². The van der Waals surface area contributed by atoms with Gasteiger partial charge in [0.05, 0.1) is 36.8 Å². The average Bonchev–Trinajstić information content (AvgIpc) is 3.27. The van der Waals surface area contributed by atoms with Crippen LogP contribution in [0.1, 0.15) is 36.6 Å². The number of amides is 1. The molecule has 1 aromatic heterocycles. The van der Waals surface area contributed by atoms with Crippen LogP contribution in [0.25, 0.3) is 11.0 Å². The molecule has 3 aromatic carbocycles. The Hall–Kier alpha value is -4.13. The lowest BCUT2D eigenvalue weighted by Gasteiger charge is -2.38. The Morgan fingerprint density at radius 3 is 2.36 bits per heavy atom. The zero-order chi connectivity index (χ0) is 25.2. The molecule has 184 valence electrons. The molecule has 5 rings (SSSR count). The van der Waals surface area contributed by atoms with Gasteiger partial charge in [-0.05, 0) is 56.2 Å². The molecule has 36 heavy (non-hydrogen) atoms. The topological polar surface area (TPSA) is 73.7 Å². The van der Waals surface area contributed by atoms with Gasteiger partial charge in [-0.25, -0.2) is 4.98 Å². The maximum atomic E-state index is 14.1. The number of fused-ring (bicyclic) bond motifs is 3. The number of hydrogen-bond acceptors (Lipinski definition) is 5. The minimum Gasteiger partial charge on any atom is -0.494 e. The van der Waals surface area contributed by atoms with E-state index in [1.807, 2.05) is 91.2 Å². The molecule has 7 heteroatoms. The van der Waals surface area contributed by atoms with Crippen molar-refractivity contribution in [2.24, 2.45) is 5.92 Å². The fraction of sp³-hybridized carbons (Fsp3) is 0.276. The highest BCUT2D eigenvalue weighted by Crippen LogP contribution is 2.42. The van der Waals surface area contributed by atoms with E-state index in [-0.39, 0.29) is 12.5 Å². The highest BCUT2D eigenvalue weighted by molar-refractivity contribution is 6.08. The minimum absolute atomic E-state index is 0.189. The smallest absolute Gasteiger partial charge is 0.321 e. The maximum Gasteiger partial charge on any atom is 0.321 e. The third-order valence-electron chi connectivity index (χ3n) is 6.48. The predicted molar refractivity (Wildman–Crippen MR) is 138 cm³/mol. The van der Waals surface area contributed by atoms with Crippen LogP contribution in [0.2, 0.25) is 0 Å². The zero-order valence-corrected chi connectivity index (χ0v) is 20.7. The predicted octanol–water partition coefficient (Wildman–Crippen LogP) is 5.06. The molecule has 0 N–H and O–H groups in total. The second-order valence-electron chi connectivity index (χ2n) is 8.86. The van der Waals surface area contributed by atoms with Gasteiger partial charge in [0.25, 0.3) is 0 Å². The molecule has 0 saturated heterocycles. The third kappa shape index (κ3) is 4.21. The van der Waals surface area contributed by atoms with Crippen LogP contribution in [0.15, 0.2) is 72.8 Å². The molecular weight excluding hydrogens is 454 g/mol. The molecule has 0 saturated carbocycles. The fourth-order valence-corrected chi connectivity index (χ4v) is 4.80. The molecule has 7 nitrogen and oxygen atoms in total. The molecule has 1 aliphatic rings. The Kier molecular flexibility index (Phi) is 6.46. The van der Waals surface area contributed by atoms with Crippen LogP contribution in [0.5, 0.6) is 5.75 Å². The minimum atomic E-state index is -1.06. The molecule has 0 spiro atoms. The zero-order valence-electron chi connectivity index (χ0n) is 20.7. The summed E-state index contributed by atoms with van der Waals surface area (Å²) in [6.45, 7) is 6.74. The number of esters is 1. The van der Waals surface area contributed by atoms with E-state index in [4.69, 9.17) is 14.5 Å². The molecule has 0 unspecified atom stereocenters. The summed E-state index contributed by atoms with van der Waals surface area (Å²) in [5.41, 5.74) is 4.51. The first-order chi connectivity index (χ1) is 17.5. The summed E-state index contributed by atoms with van der Waals surface area (Å²) in [5, 5.41) is 0. The first kappa shape index (κ1) is 23.6. The van der Waals surface area contributed by atoms with Crippen LogP contribution in [-0.2, 0) is 20.9 Å². The number of benzene rings is 3. The number of nitrogens with zero attached hydrogens (tertiary/aromatic N) is 3. The molecule has 2 atom stereocenters. The van der Waals surface area contributed by atoms with Crippen molar-refractivity contribution in [2.75, 3.05) is 18.1 Å². The summed E-state index contributed by atoms with van der Waals surface area (Å²) in [5.74, 6) is -0.679. The van der Waals surface area contributed by atoms with Crippen molar-refractivity contribution in [3.05, 3.63) is 89.5 Å². The second kappa shape index (κ2) is 9.85. The van der Waals surface area contributed by atoms with Gasteiger partial charge >= 0.3 is 5.97 Å². The normalized spacial score (nSPS) is 17.2. The maximum absolute atomic E-state index is 14.1. The molecule has 2 heterocycles. The number of anilines is 1. The van der Waals surface area contributed by atoms with E-state index in [0.29, 0.717) is 19.1 Å². The van der Waals surface area contributed by atoms with Crippen LogP contribution in [0, 0.1) is 12.8 Å². The van der Waals surface area contributed by atoms with Gasteiger partial charge in [0.15, 0.2) is 5.92 Å². The van der Waals surface area contributed by atoms with Crippen molar-refractivity contribution in [3.8, 4) is 5.75 Å². The van der Waals surface area contributed by atoms with Gasteiger partial charge in [-0.2, -0.15) is 0 Å². The molecular formula is C29H29N3O4. The summed E-state index contributed by atoms with van der Waals surface area (Å²) in [7, 11) is 0. The SMILES string of the molecule is CCOC(=O)[C@@H]1C(=O)N(Cc2ccc(C)cc2)c2nc3ccccc3n2[C@H]1c1ccc(OCC)cc1. The Morgan fingerprint density at radius 1 is 0.944 bits per heavy atom. The molecule has 0 radical (unpaired) electrons. The van der Waals surface area contributed by atoms with Gasteiger partial charge in [-0.1, -0.05) is 54.1 Å². The first-order valence-corrected chi connectivity index (χ1v) is 12.2. The lowest BCUT2D eigenvalue weighted by atomic mass is 9.89. The van der Waals surface area contributed by atoms with Crippen LogP contribution < -0.4 is 9.64 Å². The van der Waals surface area contributed by atoms with Crippen molar-refractivity contribution in [1.82, 2.24) is 9.55 Å². The van der Waals surface area contributed by atoms with Gasteiger partial charge in [0.1, 0.15) is 5.75 Å². The van der Waals surface area contributed by atoms with Crippen LogP contribution in [-0.4, -0.2) is 34.6 Å². The van der Waals surface area contributed by atoms with E-state index in [9.17, 15) is 9.59 Å². The fourth-order valence-electron chi connectivity index (χ4n) is 4.80. The van der Waals surface area contributed by atoms with E-state index < -0.39 is 17.9 Å². The van der Waals surface area contributed by atoms with Gasteiger partial charge in [0.2, 0.25) is 11.9 Å². The average molecular weight is 484 g/mol. The molecule has 4 aromatic rings. The highest BCUT2D eigenvalue weighted by atomic mass is 16.5. The largest absolute Gasteiger partial charge is 0.494 e. The van der Waals surface area contributed by atoms with E-state index in [0.717, 1.165) is 33.5 Å². The van der Waals surface area contributed by atoms with E-state index in [1.54, 1.807) is 11.8 Å². The van der Waals surface area contributed by atoms with Gasteiger partial charge in [-0.15, -0.1) is 0 Å². The summed E-state index contributed by atoms with van der Waals surface area (Å²) in [6.07, 6.45) is 0. The van der Waals surface area contributed by atoms with Crippen molar-refractivity contribution in [1.29, 1.82) is 0 Å². The standard InChI is InChI=1S/C29H29N3O4/c1-4-35-22-16-14-21(15-17-22)26-25(28(34)36-5-2)27(33)31(18-20-12-10-19(3)11-13-20)29-30-23-8-6-7-9-24(23)32(26)29/h6-17,25-26H,4-5,18H2,1-3H3/t25-,26-/m0/s1. The lowest BCUT2D eigenvalue weighted by molar-refractivity contribution is -0.153. The van der Waals surface area contributed by atoms with Crippen molar-refractivity contribution >= 4 is 28.9 Å². The number of aromatic nitrogens is 2. The summed E-state index contributed by atoms with van der Waals surface area (Å²) in [4.78, 5) is 33.9. The van der Waals surface area contributed by atoms with Crippen molar-refractivity contribution < 1.29 is 19.1 Å². The number of carbonyl (C=O) groups excluding carboxylic acids is 2. The quantitative estimate of drug-likeness (QED) is 0.271. The number of carbonyl (C=O) groups is 2. The first-order valence-electron chi connectivity index (χ1n) is 12.2. The lowest BCUT2D eigenvalue weighted by Crippen LogP contribution is -2.49. The number of hydrogen-bond donors (Lipinski definition) is 0. The Bertz CT molecular complexity index is 1390. The Labute approximate surface area is 210 Å². The number of ether oxygens (including phenoxy) is 2. The summed E-state index contributed by atoms with van der Waals surface area (Å²) >= 11 is 0. The van der Waals surface area contributed by atoms with Crippen LogP contribution in [0.4, 0.5) is 5.95 Å². The Balaban J connectivity index is 1.70. The summed E-state index contributed by atoms with van der Waals surface area (Å²) < 4.78 is 13.1. The molecule has 0 bridgehead atoms. The van der Waals surface area contributed by atoms with E-state index in [1.165, 1.54) is 0 Å². The number of imidazole rings is 1. The van der Waals surface area contributed by atoms with Crippen molar-refractivity contribution in [2.45, 2.75) is 33.4 Å². The Morgan fingerprint density at radius 2 is 1.67 bits per heavy atom. The van der Waals surface area contributed by atoms with E-state index >= 15 is 0 Å². The van der Waals surface area contributed by atoms with E-state index in [2.05, 4.69) is 0 Å². The van der Waals surface area contributed by atoms with Crippen molar-refractivity contribution in [3.63, 3.8) is 0 Å². The number of para-hydroxylation sites is 2. The highest BCUT2D eigenvalue weighted by Gasteiger charge is 2.47. The summed E-state index contributed by atoms with van der Waals surface area (Å²) in [6, 6.07) is 22.7. The van der Waals surface area contributed by atoms with Gasteiger partial charge in [-0.3, -0.25) is 14.5 Å². The molecule has 0 fully saturated rings. The van der Waals surface area contributed by atoms with Crippen LogP contribution in [0.3, 0.4) is 0 Å². The molecule has 0 aliphatic carbocycles. The number of aryl methyl sites for hydroxylation is 1. The van der Waals surface area contributed by atoms with Crippen LogP contribution >= 0.6 is 0 Å². The number of rotatable bonds is 7. The third-order valence-corrected chi connectivity index (χ3v) is 6.48. The molecule has 1 amide bonds. The second-order valence-corrected chi connectivity index (χ2v) is 8.86. The molecule has 1 aliphatic heterocycles. The monoisotopic (exact) mass is 483 g/mol. The van der Waals surface area contributed by atoms with Gasteiger partial charge < -0.3 is 14.0 Å².